The van der Waals surface area contributed by atoms with Gasteiger partial charge in [0.2, 0.25) is 23.5 Å². The first-order valence-electron chi connectivity index (χ1n) is 16.9. The van der Waals surface area contributed by atoms with Gasteiger partial charge in [0, 0.05) is 25.0 Å². The molecule has 1 aromatic rings. The minimum Gasteiger partial charge on any atom is -0.347 e. The Morgan fingerprint density at radius 3 is 2.15 bits per heavy atom. The van der Waals surface area contributed by atoms with E-state index in [9.17, 15) is 28.8 Å². The van der Waals surface area contributed by atoms with E-state index in [1.165, 1.54) is 18.6 Å². The van der Waals surface area contributed by atoms with Crippen LogP contribution >= 0.6 is 0 Å². The minimum atomic E-state index is -1.03. The summed E-state index contributed by atoms with van der Waals surface area (Å²) in [6, 6.07) is -3.87. The number of amides is 5. The lowest BCUT2D eigenvalue weighted by Gasteiger charge is -2.38. The molecular weight excluding hydrogens is 602 g/mol. The number of nitrogens with zero attached hydrogens (tertiary/aromatic N) is 3. The van der Waals surface area contributed by atoms with Crippen LogP contribution in [0.2, 0.25) is 0 Å². The van der Waals surface area contributed by atoms with Crippen molar-refractivity contribution in [2.75, 3.05) is 6.54 Å². The lowest BCUT2D eigenvalue weighted by molar-refractivity contribution is -0.146. The number of carbonyl (C=O) groups is 6. The summed E-state index contributed by atoms with van der Waals surface area (Å²) in [5.74, 6) is -3.34. The normalized spacial score (nSPS) is 22.8. The van der Waals surface area contributed by atoms with Crippen LogP contribution in [0.4, 0.5) is 0 Å². The summed E-state index contributed by atoms with van der Waals surface area (Å²) in [6.07, 6.45) is 9.24. The fraction of sp³-hybridized carbons (Fsp3) is 0.706. The van der Waals surface area contributed by atoms with Crippen molar-refractivity contribution in [3.63, 3.8) is 0 Å². The van der Waals surface area contributed by atoms with Crippen LogP contribution in [-0.2, 0) is 24.0 Å². The summed E-state index contributed by atoms with van der Waals surface area (Å²) in [5.41, 5.74) is -1.43. The Morgan fingerprint density at radius 2 is 1.57 bits per heavy atom. The summed E-state index contributed by atoms with van der Waals surface area (Å²) in [7, 11) is 0. The molecule has 47 heavy (non-hydrogen) atoms. The van der Waals surface area contributed by atoms with E-state index in [1.807, 2.05) is 48.5 Å². The molecule has 0 spiro atoms. The predicted molar refractivity (Wildman–Crippen MR) is 173 cm³/mol. The standard InChI is InChI=1S/C34H51N7O6/c1-8-10-22(25(42)30(45)37-20-13-14-20)38-29(44)24-21-12-9-11-19(21)18-41(24)32(47)27(34(5,6)7)40-31(46)26(33(2,3)4)39-28(43)23-17-35-15-16-36-23/h15-17,19-22,24,26-27H,8-14,18H2,1-7H3,(H,37,45)(H,38,44)(H,39,43)(H,40,46)/t19?,21-,22?,24-,26+,27+/m0/s1. The van der Waals surface area contributed by atoms with Gasteiger partial charge in [0.05, 0.1) is 12.2 Å². The largest absolute Gasteiger partial charge is 0.347 e. The molecule has 0 aromatic carbocycles. The molecule has 4 N–H and O–H groups in total. The van der Waals surface area contributed by atoms with Crippen molar-refractivity contribution >= 4 is 35.3 Å². The van der Waals surface area contributed by atoms with Gasteiger partial charge in [-0.05, 0) is 54.8 Å². The van der Waals surface area contributed by atoms with Crippen molar-refractivity contribution in [3.8, 4) is 0 Å². The number of nitrogens with one attached hydrogen (secondary N) is 4. The maximum atomic E-state index is 14.5. The molecule has 6 atom stereocenters. The van der Waals surface area contributed by atoms with Gasteiger partial charge in [0.15, 0.2) is 0 Å². The number of likely N-dealkylation sites (tertiary alicyclic amines) is 1. The average Bonchev–Trinajstić information content (AvgIpc) is 3.57. The Labute approximate surface area is 277 Å². The molecular formula is C34H51N7O6. The Morgan fingerprint density at radius 1 is 0.894 bits per heavy atom. The molecule has 258 valence electrons. The number of Topliss-reactive ketones (excluding diaryl/α,β-unsaturated/α-hetero) is 1. The highest BCUT2D eigenvalue weighted by Gasteiger charge is 2.52. The van der Waals surface area contributed by atoms with E-state index in [-0.39, 0.29) is 23.6 Å². The third kappa shape index (κ3) is 8.72. The number of carbonyl (C=O) groups excluding carboxylic acids is 6. The van der Waals surface area contributed by atoms with E-state index in [4.69, 9.17) is 0 Å². The monoisotopic (exact) mass is 653 g/mol. The zero-order valence-electron chi connectivity index (χ0n) is 28.7. The van der Waals surface area contributed by atoms with Gasteiger partial charge in [-0.2, -0.15) is 0 Å². The quantitative estimate of drug-likeness (QED) is 0.247. The van der Waals surface area contributed by atoms with Crippen LogP contribution in [0.1, 0.15) is 104 Å². The number of ketones is 1. The van der Waals surface area contributed by atoms with Gasteiger partial charge in [-0.15, -0.1) is 0 Å². The third-order valence-corrected chi connectivity index (χ3v) is 9.39. The molecule has 2 aliphatic carbocycles. The smallest absolute Gasteiger partial charge is 0.289 e. The Bertz CT molecular complexity index is 1350. The summed E-state index contributed by atoms with van der Waals surface area (Å²) >= 11 is 0. The van der Waals surface area contributed by atoms with Gasteiger partial charge in [-0.25, -0.2) is 4.98 Å². The molecule has 0 radical (unpaired) electrons. The Balaban J connectivity index is 1.55. The van der Waals surface area contributed by atoms with Crippen LogP contribution in [0.15, 0.2) is 18.6 Å². The van der Waals surface area contributed by atoms with Crippen LogP contribution < -0.4 is 21.3 Å². The maximum absolute atomic E-state index is 14.5. The van der Waals surface area contributed by atoms with Gasteiger partial charge in [0.25, 0.3) is 11.8 Å². The van der Waals surface area contributed by atoms with E-state index in [2.05, 4.69) is 31.2 Å². The van der Waals surface area contributed by atoms with Crippen LogP contribution in [0.5, 0.6) is 0 Å². The average molecular weight is 654 g/mol. The van der Waals surface area contributed by atoms with Crippen molar-refractivity contribution in [2.45, 2.75) is 124 Å². The van der Waals surface area contributed by atoms with E-state index in [0.29, 0.717) is 19.4 Å². The summed E-state index contributed by atoms with van der Waals surface area (Å²) in [4.78, 5) is 90.5. The van der Waals surface area contributed by atoms with Gasteiger partial charge in [0.1, 0.15) is 23.8 Å². The van der Waals surface area contributed by atoms with Gasteiger partial charge < -0.3 is 26.2 Å². The van der Waals surface area contributed by atoms with Crippen molar-refractivity contribution in [2.24, 2.45) is 22.7 Å². The summed E-state index contributed by atoms with van der Waals surface area (Å²) in [5, 5.41) is 11.2. The molecule has 13 nitrogen and oxygen atoms in total. The van der Waals surface area contributed by atoms with E-state index in [1.54, 1.807) is 4.90 Å². The SMILES string of the molecule is CCCC(NC(=O)[C@@H]1[C@H]2CCCC2CN1C(=O)[C@@H](NC(=O)[C@@H](NC(=O)c1cnccn1)C(C)(C)C)C(C)(C)C)C(=O)C(=O)NC1CC1. The topological polar surface area (TPSA) is 180 Å². The van der Waals surface area contributed by atoms with Crippen LogP contribution in [-0.4, -0.2) is 86.9 Å². The van der Waals surface area contributed by atoms with Crippen LogP contribution in [0.25, 0.3) is 0 Å². The number of hydrogen-bond donors (Lipinski definition) is 4. The number of rotatable bonds is 12. The highest BCUT2D eigenvalue weighted by atomic mass is 16.2. The second-order valence-electron chi connectivity index (χ2n) is 15.4. The molecule has 1 saturated heterocycles. The molecule has 2 unspecified atom stereocenters. The maximum Gasteiger partial charge on any atom is 0.289 e. The fourth-order valence-electron chi connectivity index (χ4n) is 6.66. The van der Waals surface area contributed by atoms with Crippen molar-refractivity contribution < 1.29 is 28.8 Å². The highest BCUT2D eigenvalue weighted by Crippen LogP contribution is 2.43. The first kappa shape index (κ1) is 35.9. The molecule has 3 aliphatic rings. The molecule has 1 aliphatic heterocycles. The Kier molecular flexibility index (Phi) is 11.1. The van der Waals surface area contributed by atoms with Crippen LogP contribution in [0, 0.1) is 22.7 Å². The fourth-order valence-corrected chi connectivity index (χ4v) is 6.66. The van der Waals surface area contributed by atoms with E-state index >= 15 is 0 Å². The zero-order valence-corrected chi connectivity index (χ0v) is 28.7. The number of aromatic nitrogens is 2. The molecule has 4 rings (SSSR count). The van der Waals surface area contributed by atoms with Gasteiger partial charge in [-0.1, -0.05) is 61.3 Å². The third-order valence-electron chi connectivity index (χ3n) is 9.39. The van der Waals surface area contributed by atoms with E-state index < -0.39 is 70.3 Å². The first-order valence-corrected chi connectivity index (χ1v) is 16.9. The van der Waals surface area contributed by atoms with Gasteiger partial charge in [-0.3, -0.25) is 33.8 Å². The predicted octanol–water partition coefficient (Wildman–Crippen LogP) is 1.91. The molecule has 13 heteroatoms. The second-order valence-corrected chi connectivity index (χ2v) is 15.4. The number of fused-ring (bicyclic) bond motifs is 1. The summed E-state index contributed by atoms with van der Waals surface area (Å²) < 4.78 is 0. The Hall–Kier alpha value is -3.90. The first-order chi connectivity index (χ1) is 22.0. The lowest BCUT2D eigenvalue weighted by Crippen LogP contribution is -2.63. The molecule has 2 heterocycles. The number of hydrogen-bond acceptors (Lipinski definition) is 8. The zero-order chi connectivity index (χ0) is 34.7. The van der Waals surface area contributed by atoms with Crippen molar-refractivity contribution in [1.29, 1.82) is 0 Å². The molecule has 3 fully saturated rings. The highest BCUT2D eigenvalue weighted by molar-refractivity contribution is 6.38. The van der Waals surface area contributed by atoms with Crippen LogP contribution in [0.3, 0.4) is 0 Å². The van der Waals surface area contributed by atoms with Gasteiger partial charge >= 0.3 is 0 Å². The molecule has 1 aromatic heterocycles. The molecule has 5 amide bonds. The van der Waals surface area contributed by atoms with E-state index in [0.717, 1.165) is 32.1 Å². The lowest BCUT2D eigenvalue weighted by atomic mass is 9.82. The molecule has 0 bridgehead atoms. The second kappa shape index (κ2) is 14.5. The molecule has 2 saturated carbocycles. The summed E-state index contributed by atoms with van der Waals surface area (Å²) in [6.45, 7) is 13.2. The van der Waals surface area contributed by atoms with Crippen molar-refractivity contribution in [3.05, 3.63) is 24.3 Å². The van der Waals surface area contributed by atoms with Crippen molar-refractivity contribution in [1.82, 2.24) is 36.1 Å². The minimum absolute atomic E-state index is 0.00868.